The molecule has 9 nitrogen and oxygen atoms in total. The largest absolute Gasteiger partial charge is 0.497 e. The van der Waals surface area contributed by atoms with Crippen LogP contribution in [0.2, 0.25) is 0 Å². The van der Waals surface area contributed by atoms with Gasteiger partial charge in [-0.25, -0.2) is 8.42 Å². The molecule has 0 radical (unpaired) electrons. The lowest BCUT2D eigenvalue weighted by Gasteiger charge is -2.34. The van der Waals surface area contributed by atoms with E-state index in [1.807, 2.05) is 67.6 Å². The maximum absolute atomic E-state index is 14.8. The first-order valence-corrected chi connectivity index (χ1v) is 17.6. The van der Waals surface area contributed by atoms with Gasteiger partial charge in [-0.3, -0.25) is 13.9 Å². The Bertz CT molecular complexity index is 1790. The summed E-state index contributed by atoms with van der Waals surface area (Å²) in [6, 6.07) is 29.1. The molecule has 0 unspecified atom stereocenters. The minimum Gasteiger partial charge on any atom is -0.497 e. The van der Waals surface area contributed by atoms with Crippen LogP contribution in [0.15, 0.2) is 108 Å². The van der Waals surface area contributed by atoms with Crippen LogP contribution in [0.1, 0.15) is 42.4 Å². The first-order valence-electron chi connectivity index (χ1n) is 16.2. The molecule has 1 N–H and O–H groups in total. The van der Waals surface area contributed by atoms with Crippen molar-refractivity contribution in [3.05, 3.63) is 120 Å². The van der Waals surface area contributed by atoms with Crippen molar-refractivity contribution in [3.8, 4) is 11.5 Å². The number of nitrogens with zero attached hydrogens (tertiary/aromatic N) is 2. The molecule has 1 aliphatic rings. The van der Waals surface area contributed by atoms with E-state index in [2.05, 4.69) is 5.32 Å². The van der Waals surface area contributed by atoms with Gasteiger partial charge in [-0.05, 0) is 72.9 Å². The van der Waals surface area contributed by atoms with E-state index in [4.69, 9.17) is 9.47 Å². The fourth-order valence-corrected chi connectivity index (χ4v) is 7.55. The SMILES string of the molecule is COc1cccc(CN(C(=O)CN(c2cc(C)ccc2OC)S(=O)(=O)c2ccccc2)[C@H](Cc2ccccc2)C(=O)NC2CCCC2)c1. The summed E-state index contributed by atoms with van der Waals surface area (Å²) >= 11 is 0. The standard InChI is InChI=1S/C38H43N3O6S/c1-28-21-22-36(47-3)34(23-28)41(48(44,45)33-19-8-5-9-20-33)27-37(42)40(26-30-15-12-18-32(24-30)46-2)35(25-29-13-6-4-7-14-29)38(43)39-31-16-10-11-17-31/h4-9,12-15,18-24,31,35H,10-11,16-17,25-27H2,1-3H3,(H,39,43)/t35-/m1/s1. The van der Waals surface area contributed by atoms with Crippen molar-refractivity contribution in [3.63, 3.8) is 0 Å². The van der Waals surface area contributed by atoms with Gasteiger partial charge in [-0.1, -0.05) is 79.6 Å². The number of hydrogen-bond donors (Lipinski definition) is 1. The second-order valence-electron chi connectivity index (χ2n) is 12.1. The van der Waals surface area contributed by atoms with Crippen LogP contribution in [0.3, 0.4) is 0 Å². The first-order chi connectivity index (χ1) is 23.2. The summed E-state index contributed by atoms with van der Waals surface area (Å²) in [4.78, 5) is 30.5. The van der Waals surface area contributed by atoms with Gasteiger partial charge in [0.25, 0.3) is 10.0 Å². The molecule has 1 atom stereocenters. The number of sulfonamides is 1. The number of hydrogen-bond acceptors (Lipinski definition) is 6. The maximum atomic E-state index is 14.8. The Morgan fingerprint density at radius 2 is 1.50 bits per heavy atom. The number of rotatable bonds is 14. The monoisotopic (exact) mass is 669 g/mol. The van der Waals surface area contributed by atoms with Crippen molar-refractivity contribution in [1.82, 2.24) is 10.2 Å². The minimum atomic E-state index is -4.25. The summed E-state index contributed by atoms with van der Waals surface area (Å²) in [5.74, 6) is 0.0933. The second kappa shape index (κ2) is 15.8. The van der Waals surface area contributed by atoms with E-state index in [1.54, 1.807) is 37.4 Å². The number of anilines is 1. The van der Waals surface area contributed by atoms with Gasteiger partial charge < -0.3 is 19.7 Å². The minimum absolute atomic E-state index is 0.0241. The normalized spacial score (nSPS) is 13.8. The quantitative estimate of drug-likeness (QED) is 0.179. The fraction of sp³-hybridized carbons (Fsp3) is 0.316. The van der Waals surface area contributed by atoms with Gasteiger partial charge >= 0.3 is 0 Å². The number of nitrogens with one attached hydrogen (secondary N) is 1. The van der Waals surface area contributed by atoms with Gasteiger partial charge in [-0.15, -0.1) is 0 Å². The van der Waals surface area contributed by atoms with E-state index in [-0.39, 0.29) is 35.5 Å². The third-order valence-electron chi connectivity index (χ3n) is 8.67. The highest BCUT2D eigenvalue weighted by Gasteiger charge is 2.36. The van der Waals surface area contributed by atoms with Crippen LogP contribution in [0.5, 0.6) is 11.5 Å². The number of methoxy groups -OCH3 is 2. The molecule has 252 valence electrons. The maximum Gasteiger partial charge on any atom is 0.264 e. The van der Waals surface area contributed by atoms with Crippen molar-refractivity contribution in [2.24, 2.45) is 0 Å². The second-order valence-corrected chi connectivity index (χ2v) is 13.9. The molecule has 5 rings (SSSR count). The molecule has 10 heteroatoms. The molecule has 48 heavy (non-hydrogen) atoms. The highest BCUT2D eigenvalue weighted by Crippen LogP contribution is 2.34. The van der Waals surface area contributed by atoms with Crippen LogP contribution in [-0.2, 0) is 32.6 Å². The Labute approximate surface area is 283 Å². The van der Waals surface area contributed by atoms with Crippen LogP contribution in [0, 0.1) is 6.92 Å². The summed E-state index contributed by atoms with van der Waals surface area (Å²) in [5, 5.41) is 3.20. The number of amides is 2. The Morgan fingerprint density at radius 1 is 0.833 bits per heavy atom. The molecule has 4 aromatic rings. The molecule has 0 aromatic heterocycles. The lowest BCUT2D eigenvalue weighted by molar-refractivity contribution is -0.140. The van der Waals surface area contributed by atoms with Crippen molar-refractivity contribution in [2.45, 2.75) is 62.6 Å². The van der Waals surface area contributed by atoms with E-state index in [1.165, 1.54) is 24.1 Å². The molecule has 4 aromatic carbocycles. The molecule has 0 aliphatic heterocycles. The van der Waals surface area contributed by atoms with E-state index < -0.39 is 28.5 Å². The number of carbonyl (C=O) groups excluding carboxylic acids is 2. The van der Waals surface area contributed by atoms with Crippen LogP contribution >= 0.6 is 0 Å². The van der Waals surface area contributed by atoms with Crippen molar-refractivity contribution < 1.29 is 27.5 Å². The smallest absolute Gasteiger partial charge is 0.264 e. The summed E-state index contributed by atoms with van der Waals surface area (Å²) in [5.41, 5.74) is 2.63. The molecule has 0 saturated heterocycles. The van der Waals surface area contributed by atoms with Gasteiger partial charge in [0, 0.05) is 19.0 Å². The van der Waals surface area contributed by atoms with E-state index >= 15 is 0 Å². The molecule has 2 amide bonds. The third kappa shape index (κ3) is 8.36. The Morgan fingerprint density at radius 3 is 2.17 bits per heavy atom. The number of aryl methyl sites for hydroxylation is 1. The average molecular weight is 670 g/mol. The van der Waals surface area contributed by atoms with E-state index in [0.717, 1.165) is 46.7 Å². The van der Waals surface area contributed by atoms with Crippen molar-refractivity contribution in [1.29, 1.82) is 0 Å². The topological polar surface area (TPSA) is 105 Å². The molecule has 0 bridgehead atoms. The number of ether oxygens (including phenoxy) is 2. The zero-order chi connectivity index (χ0) is 34.1. The highest BCUT2D eigenvalue weighted by molar-refractivity contribution is 7.92. The Balaban J connectivity index is 1.61. The summed E-state index contributed by atoms with van der Waals surface area (Å²) in [6.45, 7) is 1.33. The Kier molecular flexibility index (Phi) is 11.4. The van der Waals surface area contributed by atoms with E-state index in [9.17, 15) is 18.0 Å². The van der Waals surface area contributed by atoms with Crippen molar-refractivity contribution >= 4 is 27.5 Å². The van der Waals surface area contributed by atoms with Gasteiger partial charge in [-0.2, -0.15) is 0 Å². The van der Waals surface area contributed by atoms with Crippen LogP contribution in [0.25, 0.3) is 0 Å². The molecular formula is C38H43N3O6S. The summed E-state index contributed by atoms with van der Waals surface area (Å²) in [6.07, 6.45) is 4.07. The van der Waals surface area contributed by atoms with Gasteiger partial charge in [0.2, 0.25) is 11.8 Å². The average Bonchev–Trinajstić information content (AvgIpc) is 3.62. The third-order valence-corrected chi connectivity index (χ3v) is 10.4. The summed E-state index contributed by atoms with van der Waals surface area (Å²) in [7, 11) is -1.23. The molecule has 0 heterocycles. The lowest BCUT2D eigenvalue weighted by atomic mass is 10.0. The van der Waals surface area contributed by atoms with Crippen LogP contribution in [0.4, 0.5) is 5.69 Å². The zero-order valence-electron chi connectivity index (χ0n) is 27.7. The molecular weight excluding hydrogens is 627 g/mol. The molecule has 1 fully saturated rings. The number of carbonyl (C=O) groups is 2. The molecule has 1 aliphatic carbocycles. The van der Waals surface area contributed by atoms with Crippen LogP contribution in [-0.4, -0.2) is 58.0 Å². The first kappa shape index (κ1) is 34.5. The molecule has 0 spiro atoms. The van der Waals surface area contributed by atoms with Gasteiger partial charge in [0.1, 0.15) is 24.1 Å². The number of benzene rings is 4. The molecule has 1 saturated carbocycles. The predicted octanol–water partition coefficient (Wildman–Crippen LogP) is 5.91. The predicted molar refractivity (Wildman–Crippen MR) is 187 cm³/mol. The summed E-state index contributed by atoms with van der Waals surface area (Å²) < 4.78 is 40.8. The van der Waals surface area contributed by atoms with Gasteiger partial charge in [0.15, 0.2) is 0 Å². The van der Waals surface area contributed by atoms with Gasteiger partial charge in [0.05, 0.1) is 24.8 Å². The van der Waals surface area contributed by atoms with Crippen LogP contribution < -0.4 is 19.1 Å². The lowest BCUT2D eigenvalue weighted by Crippen LogP contribution is -2.54. The fourth-order valence-electron chi connectivity index (χ4n) is 6.12. The van der Waals surface area contributed by atoms with E-state index in [0.29, 0.717) is 11.5 Å². The zero-order valence-corrected chi connectivity index (χ0v) is 28.5. The Hall–Kier alpha value is -4.83. The van der Waals surface area contributed by atoms with Crippen molar-refractivity contribution in [2.75, 3.05) is 25.1 Å². The highest BCUT2D eigenvalue weighted by atomic mass is 32.2.